The zero-order valence-electron chi connectivity index (χ0n) is 11.0. The van der Waals surface area contributed by atoms with Gasteiger partial charge in [0.05, 0.1) is 19.3 Å². The molecule has 4 nitrogen and oxygen atoms in total. The normalized spacial score (nSPS) is 10.6. The molecule has 0 unspecified atom stereocenters. The van der Waals surface area contributed by atoms with Gasteiger partial charge in [-0.05, 0) is 12.1 Å². The number of rotatable bonds is 7. The molecule has 0 atom stereocenters. The van der Waals surface area contributed by atoms with Crippen LogP contribution in [0.3, 0.4) is 0 Å². The lowest BCUT2D eigenvalue weighted by atomic mass is 10.2. The van der Waals surface area contributed by atoms with Gasteiger partial charge < -0.3 is 10.1 Å². The molecule has 0 aliphatic carbocycles. The van der Waals surface area contributed by atoms with E-state index < -0.39 is 6.67 Å². The van der Waals surface area contributed by atoms with Crippen LogP contribution in [0.1, 0.15) is 11.3 Å². The summed E-state index contributed by atoms with van der Waals surface area (Å²) in [4.78, 5) is 0. The van der Waals surface area contributed by atoms with Crippen molar-refractivity contribution in [3.63, 3.8) is 0 Å². The van der Waals surface area contributed by atoms with Gasteiger partial charge in [0, 0.05) is 24.8 Å². The fraction of sp³-hybridized carbons (Fsp3) is 0.357. The SMILES string of the molecule is COc1ccccc1CNCc1ccn(CCF)n1. The molecule has 1 aromatic heterocycles. The van der Waals surface area contributed by atoms with Crippen molar-refractivity contribution in [3.05, 3.63) is 47.8 Å². The molecule has 0 amide bonds. The molecule has 19 heavy (non-hydrogen) atoms. The molecule has 0 saturated carbocycles. The first-order chi connectivity index (χ1) is 9.33. The molecule has 5 heteroatoms. The minimum absolute atomic E-state index is 0.312. The molecular formula is C14H18FN3O. The number of hydrogen-bond acceptors (Lipinski definition) is 3. The molecule has 0 bridgehead atoms. The Kier molecular flexibility index (Phi) is 4.92. The van der Waals surface area contributed by atoms with Gasteiger partial charge in [0.25, 0.3) is 0 Å². The Morgan fingerprint density at radius 1 is 1.26 bits per heavy atom. The van der Waals surface area contributed by atoms with E-state index in [1.165, 1.54) is 0 Å². The minimum Gasteiger partial charge on any atom is -0.496 e. The van der Waals surface area contributed by atoms with E-state index in [-0.39, 0.29) is 0 Å². The molecule has 1 heterocycles. The summed E-state index contributed by atoms with van der Waals surface area (Å²) < 4.78 is 19.0. The van der Waals surface area contributed by atoms with E-state index >= 15 is 0 Å². The summed E-state index contributed by atoms with van der Waals surface area (Å²) in [5.41, 5.74) is 2.01. The Morgan fingerprint density at radius 3 is 2.89 bits per heavy atom. The monoisotopic (exact) mass is 263 g/mol. The van der Waals surface area contributed by atoms with Crippen LogP contribution in [-0.2, 0) is 19.6 Å². The second-order valence-electron chi connectivity index (χ2n) is 4.17. The predicted octanol–water partition coefficient (Wildman–Crippen LogP) is 2.15. The Labute approximate surface area is 112 Å². The zero-order chi connectivity index (χ0) is 13.5. The molecule has 2 aromatic rings. The first kappa shape index (κ1) is 13.5. The number of ether oxygens (including phenoxy) is 1. The average Bonchev–Trinajstić information content (AvgIpc) is 2.87. The van der Waals surface area contributed by atoms with Crippen LogP contribution in [0.2, 0.25) is 0 Å². The van der Waals surface area contributed by atoms with E-state index in [1.54, 1.807) is 18.0 Å². The third-order valence-electron chi connectivity index (χ3n) is 2.82. The quantitative estimate of drug-likeness (QED) is 0.832. The van der Waals surface area contributed by atoms with Gasteiger partial charge in [-0.3, -0.25) is 4.68 Å². The number of benzene rings is 1. The topological polar surface area (TPSA) is 39.1 Å². The van der Waals surface area contributed by atoms with Crippen molar-refractivity contribution in [2.45, 2.75) is 19.6 Å². The van der Waals surface area contributed by atoms with E-state index in [1.807, 2.05) is 30.3 Å². The summed E-state index contributed by atoms with van der Waals surface area (Å²) in [6.45, 7) is 1.28. The lowest BCUT2D eigenvalue weighted by Crippen LogP contribution is -2.14. The second kappa shape index (κ2) is 6.89. The minimum atomic E-state index is -0.393. The van der Waals surface area contributed by atoms with Crippen molar-refractivity contribution >= 4 is 0 Å². The number of para-hydroxylation sites is 1. The molecule has 1 aromatic carbocycles. The van der Waals surface area contributed by atoms with Crippen LogP contribution in [0.4, 0.5) is 4.39 Å². The molecule has 0 aliphatic rings. The van der Waals surface area contributed by atoms with Gasteiger partial charge in [0.2, 0.25) is 0 Å². The van der Waals surface area contributed by atoms with Crippen molar-refractivity contribution in [1.82, 2.24) is 15.1 Å². The van der Waals surface area contributed by atoms with Gasteiger partial charge >= 0.3 is 0 Å². The highest BCUT2D eigenvalue weighted by molar-refractivity contribution is 5.32. The second-order valence-corrected chi connectivity index (χ2v) is 4.17. The van der Waals surface area contributed by atoms with Gasteiger partial charge in [-0.25, -0.2) is 4.39 Å². The van der Waals surface area contributed by atoms with Crippen LogP contribution >= 0.6 is 0 Å². The van der Waals surface area contributed by atoms with Crippen molar-refractivity contribution in [3.8, 4) is 5.75 Å². The summed E-state index contributed by atoms with van der Waals surface area (Å²) in [6, 6.07) is 9.78. The molecule has 0 spiro atoms. The van der Waals surface area contributed by atoms with Gasteiger partial charge in [0.15, 0.2) is 0 Å². The summed E-state index contributed by atoms with van der Waals surface area (Å²) in [5, 5.41) is 7.56. The molecule has 0 fully saturated rings. The standard InChI is InChI=1S/C14H18FN3O/c1-19-14-5-3-2-4-12(14)10-16-11-13-6-8-18(17-13)9-7-15/h2-6,8,16H,7,9-11H2,1H3. The molecule has 0 saturated heterocycles. The number of halogens is 1. The van der Waals surface area contributed by atoms with Crippen molar-refractivity contribution in [2.75, 3.05) is 13.8 Å². The third kappa shape index (κ3) is 3.79. The molecule has 2 rings (SSSR count). The first-order valence-electron chi connectivity index (χ1n) is 6.24. The van der Waals surface area contributed by atoms with Crippen LogP contribution in [0.5, 0.6) is 5.75 Å². The Bertz CT molecular complexity index is 513. The lowest BCUT2D eigenvalue weighted by molar-refractivity contribution is 0.407. The van der Waals surface area contributed by atoms with Crippen molar-refractivity contribution in [1.29, 1.82) is 0 Å². The number of nitrogens with one attached hydrogen (secondary N) is 1. The number of hydrogen-bond donors (Lipinski definition) is 1. The summed E-state index contributed by atoms with van der Waals surface area (Å²) >= 11 is 0. The zero-order valence-corrected chi connectivity index (χ0v) is 11.0. The summed E-state index contributed by atoms with van der Waals surface area (Å²) in [6.07, 6.45) is 1.79. The lowest BCUT2D eigenvalue weighted by Gasteiger charge is -2.08. The Morgan fingerprint density at radius 2 is 2.11 bits per heavy atom. The predicted molar refractivity (Wildman–Crippen MR) is 71.7 cm³/mol. The maximum atomic E-state index is 12.2. The number of methoxy groups -OCH3 is 1. The van der Waals surface area contributed by atoms with E-state index in [2.05, 4.69) is 10.4 Å². The van der Waals surface area contributed by atoms with E-state index in [9.17, 15) is 4.39 Å². The van der Waals surface area contributed by atoms with Crippen molar-refractivity contribution < 1.29 is 9.13 Å². The van der Waals surface area contributed by atoms with Crippen LogP contribution in [-0.4, -0.2) is 23.6 Å². The molecule has 0 radical (unpaired) electrons. The average molecular weight is 263 g/mol. The highest BCUT2D eigenvalue weighted by atomic mass is 19.1. The van der Waals surface area contributed by atoms with Gasteiger partial charge in [-0.15, -0.1) is 0 Å². The van der Waals surface area contributed by atoms with Gasteiger partial charge in [0.1, 0.15) is 12.4 Å². The van der Waals surface area contributed by atoms with Crippen LogP contribution in [0.25, 0.3) is 0 Å². The fourth-order valence-electron chi connectivity index (χ4n) is 1.88. The smallest absolute Gasteiger partial charge is 0.123 e. The maximum absolute atomic E-state index is 12.2. The van der Waals surface area contributed by atoms with Crippen LogP contribution < -0.4 is 10.1 Å². The third-order valence-corrected chi connectivity index (χ3v) is 2.82. The number of aryl methyl sites for hydroxylation is 1. The molecule has 1 N–H and O–H groups in total. The maximum Gasteiger partial charge on any atom is 0.123 e. The van der Waals surface area contributed by atoms with Gasteiger partial charge in [-0.2, -0.15) is 5.10 Å². The Hall–Kier alpha value is -1.88. The molecule has 0 aliphatic heterocycles. The van der Waals surface area contributed by atoms with Crippen molar-refractivity contribution in [2.24, 2.45) is 0 Å². The van der Waals surface area contributed by atoms with E-state index in [0.717, 1.165) is 17.0 Å². The number of alkyl halides is 1. The molecule has 102 valence electrons. The molecular weight excluding hydrogens is 245 g/mol. The largest absolute Gasteiger partial charge is 0.496 e. The summed E-state index contributed by atoms with van der Waals surface area (Å²) in [5.74, 6) is 0.873. The van der Waals surface area contributed by atoms with Crippen LogP contribution in [0.15, 0.2) is 36.5 Å². The van der Waals surface area contributed by atoms with Crippen LogP contribution in [0, 0.1) is 0 Å². The van der Waals surface area contributed by atoms with Gasteiger partial charge in [-0.1, -0.05) is 18.2 Å². The Balaban J connectivity index is 1.85. The highest BCUT2D eigenvalue weighted by Gasteiger charge is 2.02. The summed E-state index contributed by atoms with van der Waals surface area (Å²) in [7, 11) is 1.66. The fourth-order valence-corrected chi connectivity index (χ4v) is 1.88. The number of nitrogens with zero attached hydrogens (tertiary/aromatic N) is 2. The highest BCUT2D eigenvalue weighted by Crippen LogP contribution is 2.16. The van der Waals surface area contributed by atoms with E-state index in [0.29, 0.717) is 19.6 Å². The first-order valence-corrected chi connectivity index (χ1v) is 6.24. The van der Waals surface area contributed by atoms with E-state index in [4.69, 9.17) is 4.74 Å². The number of aromatic nitrogens is 2.